The van der Waals surface area contributed by atoms with Crippen LogP contribution in [0.1, 0.15) is 20.2 Å². The van der Waals surface area contributed by atoms with Crippen LogP contribution in [0.3, 0.4) is 0 Å². The topological polar surface area (TPSA) is 58.7 Å². The van der Waals surface area contributed by atoms with Crippen molar-refractivity contribution >= 4 is 28.5 Å². The summed E-state index contributed by atoms with van der Waals surface area (Å²) < 4.78 is 39.4. The van der Waals surface area contributed by atoms with Gasteiger partial charge >= 0.3 is 6.18 Å². The minimum atomic E-state index is -4.48. The molecule has 0 saturated carbocycles. The van der Waals surface area contributed by atoms with Crippen molar-refractivity contribution in [2.24, 2.45) is 0 Å². The molecule has 9 heteroatoms. The van der Waals surface area contributed by atoms with Gasteiger partial charge in [0, 0.05) is 0 Å². The Morgan fingerprint density at radius 2 is 2.00 bits per heavy atom. The molecule has 1 N–H and O–H groups in total. The molecule has 0 fully saturated rings. The van der Waals surface area contributed by atoms with Crippen LogP contribution in [0.2, 0.25) is 0 Å². The Morgan fingerprint density at radius 3 is 2.65 bits per heavy atom. The van der Waals surface area contributed by atoms with E-state index in [4.69, 9.17) is 5.41 Å². The molecule has 1 aromatic carbocycles. The summed E-state index contributed by atoms with van der Waals surface area (Å²) in [5.74, 6) is -0.343. The molecule has 0 saturated heterocycles. The molecule has 0 bridgehead atoms. The first-order valence-electron chi connectivity index (χ1n) is 6.27. The summed E-state index contributed by atoms with van der Waals surface area (Å²) in [6.07, 6.45) is -4.48. The standard InChI is InChI=1S/C14H8F3N3OS2/c15-14(16,17)8-3-1-4-9(7-8)20-13(18)23-12(19-20)11(21)10-5-2-6-22-10/h1-7,18H. The molecule has 0 aliphatic heterocycles. The second-order valence-corrected chi connectivity index (χ2v) is 6.40. The number of aromatic nitrogens is 2. The maximum atomic E-state index is 12.8. The second kappa shape index (κ2) is 5.74. The summed E-state index contributed by atoms with van der Waals surface area (Å²) in [6, 6.07) is 7.84. The van der Waals surface area contributed by atoms with Crippen LogP contribution in [-0.2, 0) is 6.18 Å². The van der Waals surface area contributed by atoms with E-state index in [1.807, 2.05) is 0 Å². The highest BCUT2D eigenvalue weighted by molar-refractivity contribution is 7.15. The Morgan fingerprint density at radius 1 is 1.22 bits per heavy atom. The average Bonchev–Trinajstić information content (AvgIpc) is 3.15. The van der Waals surface area contributed by atoms with Crippen molar-refractivity contribution in [3.8, 4) is 5.69 Å². The third-order valence-corrected chi connectivity index (χ3v) is 4.63. The molecule has 0 radical (unpaired) electrons. The number of carbonyl (C=O) groups is 1. The Hall–Kier alpha value is -2.26. The van der Waals surface area contributed by atoms with Crippen LogP contribution in [0.5, 0.6) is 0 Å². The lowest BCUT2D eigenvalue weighted by molar-refractivity contribution is -0.137. The van der Waals surface area contributed by atoms with E-state index in [-0.39, 0.29) is 21.3 Å². The SMILES string of the molecule is N=c1sc(C(=O)c2cccs2)nn1-c1cccc(C(F)(F)F)c1. The van der Waals surface area contributed by atoms with Crippen molar-refractivity contribution in [2.45, 2.75) is 6.18 Å². The average molecular weight is 355 g/mol. The summed E-state index contributed by atoms with van der Waals surface area (Å²) in [5.41, 5.74) is -0.743. The molecule has 0 aliphatic carbocycles. The number of nitrogens with one attached hydrogen (secondary N) is 1. The van der Waals surface area contributed by atoms with Gasteiger partial charge in [-0.25, -0.2) is 4.68 Å². The Labute approximate surface area is 136 Å². The van der Waals surface area contributed by atoms with Gasteiger partial charge in [-0.1, -0.05) is 23.5 Å². The van der Waals surface area contributed by atoms with Gasteiger partial charge in [0.25, 0.3) is 0 Å². The first kappa shape index (κ1) is 15.6. The third-order valence-electron chi connectivity index (χ3n) is 2.93. The predicted octanol–water partition coefficient (Wildman–Crippen LogP) is 3.72. The zero-order valence-corrected chi connectivity index (χ0v) is 12.9. The van der Waals surface area contributed by atoms with E-state index in [0.717, 1.165) is 28.2 Å². The molecule has 3 rings (SSSR count). The highest BCUT2D eigenvalue weighted by Gasteiger charge is 2.30. The number of halogens is 3. The van der Waals surface area contributed by atoms with Crippen LogP contribution in [-0.4, -0.2) is 15.6 Å². The van der Waals surface area contributed by atoms with Crippen LogP contribution in [0.4, 0.5) is 13.2 Å². The van der Waals surface area contributed by atoms with Crippen molar-refractivity contribution in [1.82, 2.24) is 9.78 Å². The molecule has 23 heavy (non-hydrogen) atoms. The molecule has 2 aromatic heterocycles. The maximum Gasteiger partial charge on any atom is 0.416 e. The summed E-state index contributed by atoms with van der Waals surface area (Å²) in [4.78, 5) is 12.6. The lowest BCUT2D eigenvalue weighted by Gasteiger charge is -2.08. The predicted molar refractivity (Wildman–Crippen MR) is 80.0 cm³/mol. The highest BCUT2D eigenvalue weighted by Crippen LogP contribution is 2.30. The number of hydrogen-bond acceptors (Lipinski definition) is 5. The fraction of sp³-hybridized carbons (Fsp3) is 0.0714. The fourth-order valence-corrected chi connectivity index (χ4v) is 3.36. The number of alkyl halides is 3. The number of hydrogen-bond donors (Lipinski definition) is 1. The van der Waals surface area contributed by atoms with Crippen molar-refractivity contribution in [3.63, 3.8) is 0 Å². The summed E-state index contributed by atoms with van der Waals surface area (Å²) in [7, 11) is 0. The largest absolute Gasteiger partial charge is 0.416 e. The van der Waals surface area contributed by atoms with Gasteiger partial charge in [-0.3, -0.25) is 10.2 Å². The molecular weight excluding hydrogens is 347 g/mol. The normalized spacial score (nSPS) is 11.6. The smallest absolute Gasteiger partial charge is 0.285 e. The highest BCUT2D eigenvalue weighted by atomic mass is 32.1. The van der Waals surface area contributed by atoms with Gasteiger partial charge in [0.2, 0.25) is 10.6 Å². The van der Waals surface area contributed by atoms with Gasteiger partial charge in [0.1, 0.15) is 0 Å². The molecule has 0 aliphatic rings. The van der Waals surface area contributed by atoms with Crippen LogP contribution >= 0.6 is 22.7 Å². The number of nitrogens with zero attached hydrogens (tertiary/aromatic N) is 2. The van der Waals surface area contributed by atoms with E-state index in [2.05, 4.69) is 5.10 Å². The van der Waals surface area contributed by atoms with Gasteiger partial charge in [-0.05, 0) is 29.6 Å². The van der Waals surface area contributed by atoms with Gasteiger partial charge in [0.15, 0.2) is 5.01 Å². The van der Waals surface area contributed by atoms with Crippen LogP contribution in [0.15, 0.2) is 41.8 Å². The lowest BCUT2D eigenvalue weighted by atomic mass is 10.2. The molecule has 0 spiro atoms. The monoisotopic (exact) mass is 355 g/mol. The van der Waals surface area contributed by atoms with Crippen LogP contribution < -0.4 is 4.80 Å². The number of rotatable bonds is 3. The summed E-state index contributed by atoms with van der Waals surface area (Å²) in [5, 5.41) is 13.7. The van der Waals surface area contributed by atoms with E-state index in [9.17, 15) is 18.0 Å². The Bertz CT molecular complexity index is 910. The second-order valence-electron chi connectivity index (χ2n) is 4.48. The van der Waals surface area contributed by atoms with Crippen molar-refractivity contribution < 1.29 is 18.0 Å². The van der Waals surface area contributed by atoms with Gasteiger partial charge in [0.05, 0.1) is 16.1 Å². The quantitative estimate of drug-likeness (QED) is 0.728. The van der Waals surface area contributed by atoms with Crippen molar-refractivity contribution in [2.75, 3.05) is 0 Å². The van der Waals surface area contributed by atoms with E-state index >= 15 is 0 Å². The number of ketones is 1. The van der Waals surface area contributed by atoms with E-state index in [0.29, 0.717) is 4.88 Å². The van der Waals surface area contributed by atoms with E-state index < -0.39 is 11.7 Å². The molecule has 4 nitrogen and oxygen atoms in total. The van der Waals surface area contributed by atoms with Crippen molar-refractivity contribution in [3.05, 3.63) is 62.0 Å². The molecule has 3 aromatic rings. The zero-order valence-electron chi connectivity index (χ0n) is 11.3. The third kappa shape index (κ3) is 3.10. The molecule has 0 atom stereocenters. The minimum absolute atomic E-state index is 0.0647. The van der Waals surface area contributed by atoms with E-state index in [1.165, 1.54) is 23.5 Å². The first-order chi connectivity index (χ1) is 10.9. The van der Waals surface area contributed by atoms with Gasteiger partial charge in [-0.2, -0.15) is 18.3 Å². The number of benzene rings is 1. The molecular formula is C14H8F3N3OS2. The molecule has 0 unspecified atom stereocenters. The van der Waals surface area contributed by atoms with Crippen molar-refractivity contribution in [1.29, 1.82) is 5.41 Å². The van der Waals surface area contributed by atoms with Gasteiger partial charge in [-0.15, -0.1) is 11.3 Å². The number of thiophene rings is 1. The Balaban J connectivity index is 2.02. The zero-order chi connectivity index (χ0) is 16.6. The van der Waals surface area contributed by atoms with Crippen LogP contribution in [0.25, 0.3) is 5.69 Å². The summed E-state index contributed by atoms with van der Waals surface area (Å²) in [6.45, 7) is 0. The van der Waals surface area contributed by atoms with Gasteiger partial charge < -0.3 is 0 Å². The number of carbonyl (C=O) groups excluding carboxylic acids is 1. The molecule has 0 amide bonds. The van der Waals surface area contributed by atoms with Crippen LogP contribution in [0, 0.1) is 5.41 Å². The summed E-state index contributed by atoms with van der Waals surface area (Å²) >= 11 is 2.06. The maximum absolute atomic E-state index is 12.8. The molecule has 118 valence electrons. The molecule has 2 heterocycles. The Kier molecular flexibility index (Phi) is 3.90. The lowest BCUT2D eigenvalue weighted by Crippen LogP contribution is -2.14. The van der Waals surface area contributed by atoms with E-state index in [1.54, 1.807) is 17.5 Å². The minimum Gasteiger partial charge on any atom is -0.285 e. The first-order valence-corrected chi connectivity index (χ1v) is 7.96. The fourth-order valence-electron chi connectivity index (χ4n) is 1.89.